The SMILES string of the molecule is CCC(N)c1cn(CC(=O)Nc2ccc(C)cc2C)nn1. The Labute approximate surface area is 124 Å². The van der Waals surface area contributed by atoms with E-state index in [-0.39, 0.29) is 18.5 Å². The third-order valence-electron chi connectivity index (χ3n) is 3.34. The maximum Gasteiger partial charge on any atom is 0.246 e. The molecule has 1 amide bonds. The van der Waals surface area contributed by atoms with Gasteiger partial charge in [-0.3, -0.25) is 4.79 Å². The molecule has 0 aliphatic carbocycles. The molecule has 6 nitrogen and oxygen atoms in total. The van der Waals surface area contributed by atoms with Gasteiger partial charge in [-0.2, -0.15) is 0 Å². The summed E-state index contributed by atoms with van der Waals surface area (Å²) in [5.41, 5.74) is 9.61. The van der Waals surface area contributed by atoms with Gasteiger partial charge in [-0.1, -0.05) is 29.8 Å². The number of aryl methyl sites for hydroxylation is 2. The molecular weight excluding hydrogens is 266 g/mol. The van der Waals surface area contributed by atoms with E-state index in [9.17, 15) is 4.79 Å². The molecule has 0 bridgehead atoms. The molecule has 112 valence electrons. The highest BCUT2D eigenvalue weighted by Gasteiger charge is 2.11. The zero-order valence-electron chi connectivity index (χ0n) is 12.6. The summed E-state index contributed by atoms with van der Waals surface area (Å²) in [6.45, 7) is 6.09. The van der Waals surface area contributed by atoms with Gasteiger partial charge in [0.15, 0.2) is 0 Å². The molecule has 1 aromatic heterocycles. The summed E-state index contributed by atoms with van der Waals surface area (Å²) in [7, 11) is 0. The first-order valence-electron chi connectivity index (χ1n) is 7.02. The minimum Gasteiger partial charge on any atom is -0.324 e. The van der Waals surface area contributed by atoms with Crippen molar-refractivity contribution in [3.63, 3.8) is 0 Å². The van der Waals surface area contributed by atoms with Crippen molar-refractivity contribution in [2.75, 3.05) is 5.32 Å². The number of nitrogens with one attached hydrogen (secondary N) is 1. The highest BCUT2D eigenvalue weighted by atomic mass is 16.2. The Hall–Kier alpha value is -2.21. The van der Waals surface area contributed by atoms with E-state index in [0.717, 1.165) is 17.7 Å². The maximum absolute atomic E-state index is 12.0. The third kappa shape index (κ3) is 3.88. The Morgan fingerprint density at radius 2 is 2.19 bits per heavy atom. The van der Waals surface area contributed by atoms with Crippen molar-refractivity contribution in [1.29, 1.82) is 0 Å². The molecule has 1 aromatic carbocycles. The number of aromatic nitrogens is 3. The number of nitrogens with two attached hydrogens (primary N) is 1. The van der Waals surface area contributed by atoms with Crippen LogP contribution in [0.2, 0.25) is 0 Å². The smallest absolute Gasteiger partial charge is 0.246 e. The molecule has 0 fully saturated rings. The van der Waals surface area contributed by atoms with Crippen LogP contribution in [0.4, 0.5) is 5.69 Å². The van der Waals surface area contributed by atoms with Crippen molar-refractivity contribution in [3.8, 4) is 0 Å². The Bertz CT molecular complexity index is 635. The summed E-state index contributed by atoms with van der Waals surface area (Å²) in [4.78, 5) is 12.0. The van der Waals surface area contributed by atoms with Gasteiger partial charge >= 0.3 is 0 Å². The first-order chi connectivity index (χ1) is 9.99. The van der Waals surface area contributed by atoms with Crippen LogP contribution in [0.5, 0.6) is 0 Å². The van der Waals surface area contributed by atoms with E-state index in [1.165, 1.54) is 10.2 Å². The molecule has 1 atom stereocenters. The molecule has 2 aromatic rings. The van der Waals surface area contributed by atoms with Gasteiger partial charge < -0.3 is 11.1 Å². The van der Waals surface area contributed by atoms with Crippen molar-refractivity contribution in [2.24, 2.45) is 5.73 Å². The van der Waals surface area contributed by atoms with Crippen LogP contribution in [0.1, 0.15) is 36.2 Å². The Balaban J connectivity index is 2.00. The lowest BCUT2D eigenvalue weighted by Gasteiger charge is -2.09. The number of rotatable bonds is 5. The lowest BCUT2D eigenvalue weighted by Crippen LogP contribution is -2.19. The first-order valence-corrected chi connectivity index (χ1v) is 7.02. The molecule has 0 saturated heterocycles. The second kappa shape index (κ2) is 6.49. The van der Waals surface area contributed by atoms with E-state index < -0.39 is 0 Å². The van der Waals surface area contributed by atoms with Gasteiger partial charge in [0, 0.05) is 5.69 Å². The van der Waals surface area contributed by atoms with Gasteiger partial charge in [0.2, 0.25) is 5.91 Å². The normalized spacial score (nSPS) is 12.2. The van der Waals surface area contributed by atoms with Crippen LogP contribution in [0.3, 0.4) is 0 Å². The number of hydrogen-bond acceptors (Lipinski definition) is 4. The molecule has 2 rings (SSSR count). The summed E-state index contributed by atoms with van der Waals surface area (Å²) >= 11 is 0. The van der Waals surface area contributed by atoms with E-state index in [4.69, 9.17) is 5.73 Å². The maximum atomic E-state index is 12.0. The van der Waals surface area contributed by atoms with Crippen molar-refractivity contribution < 1.29 is 4.79 Å². The highest BCUT2D eigenvalue weighted by Crippen LogP contribution is 2.16. The lowest BCUT2D eigenvalue weighted by atomic mass is 10.1. The van der Waals surface area contributed by atoms with Gasteiger partial charge in [-0.05, 0) is 31.9 Å². The third-order valence-corrected chi connectivity index (χ3v) is 3.34. The average Bonchev–Trinajstić information content (AvgIpc) is 2.89. The molecule has 0 spiro atoms. The van der Waals surface area contributed by atoms with E-state index in [2.05, 4.69) is 15.6 Å². The van der Waals surface area contributed by atoms with Crippen molar-refractivity contribution >= 4 is 11.6 Å². The molecule has 6 heteroatoms. The molecule has 0 aliphatic rings. The summed E-state index contributed by atoms with van der Waals surface area (Å²) in [5.74, 6) is -0.136. The molecule has 1 heterocycles. The molecule has 0 aliphatic heterocycles. The summed E-state index contributed by atoms with van der Waals surface area (Å²) in [6.07, 6.45) is 2.50. The van der Waals surface area contributed by atoms with Gasteiger partial charge in [-0.15, -0.1) is 5.10 Å². The summed E-state index contributed by atoms with van der Waals surface area (Å²) < 4.78 is 1.50. The van der Waals surface area contributed by atoms with E-state index in [0.29, 0.717) is 5.69 Å². The Kier molecular flexibility index (Phi) is 4.70. The number of amides is 1. The van der Waals surface area contributed by atoms with Crippen molar-refractivity contribution in [3.05, 3.63) is 41.2 Å². The first kappa shape index (κ1) is 15.2. The quantitative estimate of drug-likeness (QED) is 0.880. The van der Waals surface area contributed by atoms with Gasteiger partial charge in [0.25, 0.3) is 0 Å². The topological polar surface area (TPSA) is 85.8 Å². The molecule has 1 unspecified atom stereocenters. The van der Waals surface area contributed by atoms with Crippen LogP contribution in [-0.4, -0.2) is 20.9 Å². The van der Waals surface area contributed by atoms with Crippen LogP contribution >= 0.6 is 0 Å². The molecule has 21 heavy (non-hydrogen) atoms. The highest BCUT2D eigenvalue weighted by molar-refractivity contribution is 5.91. The molecule has 3 N–H and O–H groups in total. The lowest BCUT2D eigenvalue weighted by molar-refractivity contribution is -0.116. The van der Waals surface area contributed by atoms with E-state index in [1.807, 2.05) is 39.0 Å². The average molecular weight is 287 g/mol. The zero-order chi connectivity index (χ0) is 15.4. The van der Waals surface area contributed by atoms with Crippen LogP contribution in [0, 0.1) is 13.8 Å². The van der Waals surface area contributed by atoms with Crippen LogP contribution in [0.25, 0.3) is 0 Å². The van der Waals surface area contributed by atoms with E-state index in [1.54, 1.807) is 6.20 Å². The second-order valence-electron chi connectivity index (χ2n) is 5.22. The van der Waals surface area contributed by atoms with Crippen LogP contribution in [-0.2, 0) is 11.3 Å². The van der Waals surface area contributed by atoms with Gasteiger partial charge in [0.1, 0.15) is 6.54 Å². The monoisotopic (exact) mass is 287 g/mol. The van der Waals surface area contributed by atoms with Crippen molar-refractivity contribution in [2.45, 2.75) is 39.8 Å². The fraction of sp³-hybridized carbons (Fsp3) is 0.400. The van der Waals surface area contributed by atoms with Crippen LogP contribution < -0.4 is 11.1 Å². The van der Waals surface area contributed by atoms with Gasteiger partial charge in [-0.25, -0.2) is 4.68 Å². The van der Waals surface area contributed by atoms with Crippen molar-refractivity contribution in [1.82, 2.24) is 15.0 Å². The van der Waals surface area contributed by atoms with Crippen LogP contribution in [0.15, 0.2) is 24.4 Å². The fourth-order valence-corrected chi connectivity index (χ4v) is 2.06. The predicted molar refractivity (Wildman–Crippen MR) is 81.8 cm³/mol. The zero-order valence-corrected chi connectivity index (χ0v) is 12.6. The molecule has 0 saturated carbocycles. The predicted octanol–water partition coefficient (Wildman–Crippen LogP) is 1.94. The number of carbonyl (C=O) groups is 1. The molecule has 0 radical (unpaired) electrons. The van der Waals surface area contributed by atoms with Gasteiger partial charge in [0.05, 0.1) is 17.9 Å². The number of nitrogens with zero attached hydrogens (tertiary/aromatic N) is 3. The number of carbonyl (C=O) groups excluding carboxylic acids is 1. The minimum absolute atomic E-state index is 0.122. The Morgan fingerprint density at radius 1 is 1.43 bits per heavy atom. The van der Waals surface area contributed by atoms with E-state index >= 15 is 0 Å². The fourth-order valence-electron chi connectivity index (χ4n) is 2.06. The minimum atomic E-state index is -0.138. The Morgan fingerprint density at radius 3 is 2.86 bits per heavy atom. The largest absolute Gasteiger partial charge is 0.324 e. The molecular formula is C15H21N5O. The summed E-state index contributed by atoms with van der Waals surface area (Å²) in [5, 5.41) is 10.8. The second-order valence-corrected chi connectivity index (χ2v) is 5.22. The summed E-state index contributed by atoms with van der Waals surface area (Å²) in [6, 6.07) is 5.77. The number of hydrogen-bond donors (Lipinski definition) is 2. The standard InChI is InChI=1S/C15H21N5O/c1-4-12(16)14-8-20(19-18-14)9-15(21)17-13-6-5-10(2)7-11(13)3/h5-8,12H,4,9,16H2,1-3H3,(H,17,21). The number of benzene rings is 1. The number of anilines is 1.